The number of ether oxygens (including phenoxy) is 1. The molecule has 29 heavy (non-hydrogen) atoms. The fourth-order valence-electron chi connectivity index (χ4n) is 3.87. The highest BCUT2D eigenvalue weighted by molar-refractivity contribution is 6.02. The molecule has 5 rings (SSSR count). The number of nitrogens with one attached hydrogen (secondary N) is 2. The lowest BCUT2D eigenvalue weighted by Gasteiger charge is -2.34. The van der Waals surface area contributed by atoms with Crippen LogP contribution in [0.5, 0.6) is 0 Å². The molecule has 1 fully saturated rings. The Kier molecular flexibility index (Phi) is 4.20. The van der Waals surface area contributed by atoms with Crippen LogP contribution in [0, 0.1) is 0 Å². The van der Waals surface area contributed by atoms with Gasteiger partial charge >= 0.3 is 0 Å². The van der Waals surface area contributed by atoms with E-state index in [0.717, 1.165) is 46.3 Å². The third-order valence-corrected chi connectivity index (χ3v) is 5.33. The number of H-pyrrole nitrogens is 1. The smallest absolute Gasteiger partial charge is 0.169 e. The highest BCUT2D eigenvalue weighted by Crippen LogP contribution is 2.36. The van der Waals surface area contributed by atoms with Gasteiger partial charge in [0.05, 0.1) is 36.5 Å². The van der Waals surface area contributed by atoms with Crippen LogP contribution in [0.3, 0.4) is 0 Å². The van der Waals surface area contributed by atoms with E-state index in [1.807, 2.05) is 30.9 Å². The van der Waals surface area contributed by atoms with E-state index in [0.29, 0.717) is 13.2 Å². The van der Waals surface area contributed by atoms with Crippen LogP contribution in [0.25, 0.3) is 28.1 Å². The number of hydrogen-bond acceptors (Lipinski definition) is 7. The molecule has 0 saturated carbocycles. The van der Waals surface area contributed by atoms with Gasteiger partial charge in [-0.3, -0.25) is 9.78 Å². The lowest BCUT2D eigenvalue weighted by Crippen LogP contribution is -2.44. The molecular formula is C19H23N9O. The summed E-state index contributed by atoms with van der Waals surface area (Å²) in [5.74, 6) is 2.40. The largest absolute Gasteiger partial charge is 0.377 e. The summed E-state index contributed by atoms with van der Waals surface area (Å²) in [6.07, 6.45) is 3.51. The third-order valence-electron chi connectivity index (χ3n) is 5.33. The molecule has 2 N–H and O–H groups in total. The summed E-state index contributed by atoms with van der Waals surface area (Å²) in [6.45, 7) is 4.32. The molecule has 0 aromatic carbocycles. The number of pyridine rings is 1. The van der Waals surface area contributed by atoms with E-state index in [2.05, 4.69) is 38.5 Å². The second-order valence-corrected chi connectivity index (χ2v) is 7.14. The van der Waals surface area contributed by atoms with Gasteiger partial charge in [-0.05, 0) is 19.1 Å². The maximum Gasteiger partial charge on any atom is 0.169 e. The first-order valence-corrected chi connectivity index (χ1v) is 9.61. The third kappa shape index (κ3) is 2.83. The van der Waals surface area contributed by atoms with E-state index in [1.54, 1.807) is 17.1 Å². The molecule has 0 aliphatic carbocycles. The summed E-state index contributed by atoms with van der Waals surface area (Å²) in [5, 5.41) is 20.3. The Labute approximate surface area is 167 Å². The Hall–Kier alpha value is -3.40. The molecule has 0 radical (unpaired) electrons. The van der Waals surface area contributed by atoms with Gasteiger partial charge in [-0.2, -0.15) is 14.9 Å². The average molecular weight is 393 g/mol. The van der Waals surface area contributed by atoms with Crippen LogP contribution in [0.15, 0.2) is 30.6 Å². The molecule has 0 amide bonds. The number of fused-ring (bicyclic) bond motifs is 1. The van der Waals surface area contributed by atoms with Crippen LogP contribution >= 0.6 is 0 Å². The number of nitrogens with zero attached hydrogens (tertiary/aromatic N) is 7. The summed E-state index contributed by atoms with van der Waals surface area (Å²) in [5.41, 5.74) is 2.78. The molecule has 1 atom stereocenters. The molecule has 1 unspecified atom stereocenters. The molecule has 0 spiro atoms. The fraction of sp³-hybridized carbons (Fsp3) is 0.368. The Balaban J connectivity index is 1.82. The first-order chi connectivity index (χ1) is 14.2. The number of aryl methyl sites for hydroxylation is 1. The predicted octanol–water partition coefficient (Wildman–Crippen LogP) is 1.81. The van der Waals surface area contributed by atoms with Gasteiger partial charge in [-0.15, -0.1) is 5.10 Å². The maximum atomic E-state index is 5.62. The molecular weight excluding hydrogens is 370 g/mol. The number of morpholine rings is 1. The number of hydrogen-bond donors (Lipinski definition) is 2. The predicted molar refractivity (Wildman–Crippen MR) is 110 cm³/mol. The highest BCUT2D eigenvalue weighted by atomic mass is 16.5. The van der Waals surface area contributed by atoms with Crippen molar-refractivity contribution in [2.24, 2.45) is 7.05 Å². The first-order valence-electron chi connectivity index (χ1n) is 9.61. The quantitative estimate of drug-likeness (QED) is 0.545. The molecule has 150 valence electrons. The summed E-state index contributed by atoms with van der Waals surface area (Å²) >= 11 is 0. The zero-order valence-corrected chi connectivity index (χ0v) is 16.6. The molecule has 4 aromatic rings. The van der Waals surface area contributed by atoms with Gasteiger partial charge in [0.1, 0.15) is 5.82 Å². The van der Waals surface area contributed by atoms with E-state index < -0.39 is 0 Å². The van der Waals surface area contributed by atoms with Gasteiger partial charge in [-0.1, -0.05) is 0 Å². The fourth-order valence-corrected chi connectivity index (χ4v) is 3.87. The molecule has 1 aliphatic rings. The maximum absolute atomic E-state index is 5.62. The van der Waals surface area contributed by atoms with E-state index in [9.17, 15) is 0 Å². The van der Waals surface area contributed by atoms with E-state index in [-0.39, 0.29) is 6.04 Å². The van der Waals surface area contributed by atoms with Crippen molar-refractivity contribution in [2.75, 3.05) is 37.0 Å². The van der Waals surface area contributed by atoms with Crippen molar-refractivity contribution in [1.29, 1.82) is 0 Å². The van der Waals surface area contributed by atoms with Crippen molar-refractivity contribution < 1.29 is 4.74 Å². The van der Waals surface area contributed by atoms with Crippen molar-refractivity contribution in [3.63, 3.8) is 0 Å². The standard InChI is InChI=1S/C19H23N9O/c1-12-11-29-9-8-27(12)16-10-13(14-4-7-22-26(14)3)17-18(20-2)25-28(19(17)23-16)15-5-6-21-24-15/h4-7,10,12H,8-9,11H2,1-3H3,(H,20,25)(H,21,24). The van der Waals surface area contributed by atoms with Crippen LogP contribution in [0.1, 0.15) is 6.92 Å². The lowest BCUT2D eigenvalue weighted by atomic mass is 10.1. The van der Waals surface area contributed by atoms with E-state index in [1.165, 1.54) is 0 Å². The van der Waals surface area contributed by atoms with Crippen molar-refractivity contribution in [3.05, 3.63) is 30.6 Å². The van der Waals surface area contributed by atoms with Gasteiger partial charge in [0.2, 0.25) is 0 Å². The minimum Gasteiger partial charge on any atom is -0.377 e. The van der Waals surface area contributed by atoms with Crippen LogP contribution < -0.4 is 10.2 Å². The minimum absolute atomic E-state index is 0.236. The molecule has 5 heterocycles. The van der Waals surface area contributed by atoms with E-state index in [4.69, 9.17) is 14.8 Å². The van der Waals surface area contributed by atoms with Gasteiger partial charge in [0, 0.05) is 38.5 Å². The summed E-state index contributed by atoms with van der Waals surface area (Å²) in [7, 11) is 3.81. The van der Waals surface area contributed by atoms with Gasteiger partial charge in [0.25, 0.3) is 0 Å². The molecule has 1 aliphatic heterocycles. The van der Waals surface area contributed by atoms with E-state index >= 15 is 0 Å². The van der Waals surface area contributed by atoms with Crippen molar-refractivity contribution >= 4 is 22.7 Å². The lowest BCUT2D eigenvalue weighted by molar-refractivity contribution is 0.0985. The molecule has 10 heteroatoms. The Morgan fingerprint density at radius 1 is 1.28 bits per heavy atom. The number of rotatable bonds is 4. The van der Waals surface area contributed by atoms with Gasteiger partial charge in [-0.25, -0.2) is 4.98 Å². The summed E-state index contributed by atoms with van der Waals surface area (Å²) < 4.78 is 9.29. The number of anilines is 2. The Bertz CT molecular complexity index is 1140. The minimum atomic E-state index is 0.236. The molecule has 0 bridgehead atoms. The van der Waals surface area contributed by atoms with Crippen LogP contribution in [0.4, 0.5) is 11.6 Å². The normalized spacial score (nSPS) is 17.2. The zero-order valence-electron chi connectivity index (χ0n) is 16.6. The monoisotopic (exact) mass is 393 g/mol. The van der Waals surface area contributed by atoms with Gasteiger partial charge < -0.3 is 15.0 Å². The average Bonchev–Trinajstić information content (AvgIpc) is 3.47. The number of aromatic nitrogens is 7. The SMILES string of the molecule is CNc1nn(-c2ccn[nH]2)c2nc(N3CCOCC3C)cc(-c3ccnn3C)c12. The topological polar surface area (TPSA) is 102 Å². The molecule has 4 aromatic heterocycles. The van der Waals surface area contributed by atoms with Gasteiger partial charge in [0.15, 0.2) is 17.3 Å². The van der Waals surface area contributed by atoms with Crippen LogP contribution in [-0.2, 0) is 11.8 Å². The molecule has 10 nitrogen and oxygen atoms in total. The summed E-state index contributed by atoms with van der Waals surface area (Å²) in [6, 6.07) is 6.25. The van der Waals surface area contributed by atoms with Crippen molar-refractivity contribution in [1.82, 2.24) is 34.7 Å². The van der Waals surface area contributed by atoms with Crippen LogP contribution in [0.2, 0.25) is 0 Å². The van der Waals surface area contributed by atoms with Crippen LogP contribution in [-0.4, -0.2) is 67.6 Å². The first kappa shape index (κ1) is 17.7. The summed E-state index contributed by atoms with van der Waals surface area (Å²) in [4.78, 5) is 7.31. The number of aromatic amines is 1. The Morgan fingerprint density at radius 3 is 2.86 bits per heavy atom. The second-order valence-electron chi connectivity index (χ2n) is 7.14. The molecule has 1 saturated heterocycles. The highest BCUT2D eigenvalue weighted by Gasteiger charge is 2.25. The van der Waals surface area contributed by atoms with Crippen molar-refractivity contribution in [2.45, 2.75) is 13.0 Å². The van der Waals surface area contributed by atoms with Crippen molar-refractivity contribution in [3.8, 4) is 17.1 Å². The Morgan fingerprint density at radius 2 is 2.17 bits per heavy atom. The second kappa shape index (κ2) is 6.89. The zero-order chi connectivity index (χ0) is 20.0.